The molecule has 1 rings (SSSR count). The highest BCUT2D eigenvalue weighted by molar-refractivity contribution is 6.66. The molecule has 0 aromatic heterocycles. The summed E-state index contributed by atoms with van der Waals surface area (Å²) in [6.45, 7) is 3.73. The predicted octanol–water partition coefficient (Wildman–Crippen LogP) is 3.70. The zero-order valence-corrected chi connectivity index (χ0v) is 7.92. The van der Waals surface area contributed by atoms with E-state index in [9.17, 15) is 0 Å². The Morgan fingerprint density at radius 1 is 1.09 bits per heavy atom. The minimum atomic E-state index is -1.36. The van der Waals surface area contributed by atoms with Gasteiger partial charge in [-0.1, -0.05) is 59.1 Å². The Morgan fingerprint density at radius 2 is 1.64 bits per heavy atom. The number of hydrogen-bond donors (Lipinski definition) is 0. The van der Waals surface area contributed by atoms with E-state index in [1.807, 2.05) is 12.1 Å². The Hall–Kier alpha value is 0.0900. The fourth-order valence-corrected chi connectivity index (χ4v) is 1.35. The second-order valence-electron chi connectivity index (χ2n) is 2.15. The second-order valence-corrected chi connectivity index (χ2v) is 4.44. The standard InChI is InChI=1S/C8H6Cl3/c1-6-4-2-3-5-7(6)8(9,10)11/h2-5H,1H2. The molecule has 0 aliphatic rings. The van der Waals surface area contributed by atoms with Crippen LogP contribution in [0.15, 0.2) is 24.3 Å². The average molecular weight is 208 g/mol. The molecule has 1 aromatic carbocycles. The first-order valence-corrected chi connectivity index (χ1v) is 4.13. The molecule has 0 heterocycles. The van der Waals surface area contributed by atoms with Crippen LogP contribution in [0.1, 0.15) is 11.1 Å². The van der Waals surface area contributed by atoms with Gasteiger partial charge in [0.1, 0.15) is 0 Å². The molecule has 1 radical (unpaired) electrons. The van der Waals surface area contributed by atoms with E-state index in [1.54, 1.807) is 12.1 Å². The average Bonchev–Trinajstić information content (AvgIpc) is 1.86. The molecule has 0 unspecified atom stereocenters. The number of halogens is 3. The van der Waals surface area contributed by atoms with Crippen molar-refractivity contribution in [2.24, 2.45) is 0 Å². The van der Waals surface area contributed by atoms with Gasteiger partial charge in [-0.3, -0.25) is 0 Å². The van der Waals surface area contributed by atoms with Crippen molar-refractivity contribution in [3.63, 3.8) is 0 Å². The van der Waals surface area contributed by atoms with Gasteiger partial charge in [0, 0.05) is 5.56 Å². The van der Waals surface area contributed by atoms with Crippen molar-refractivity contribution >= 4 is 34.8 Å². The molecule has 0 aliphatic heterocycles. The SMILES string of the molecule is [CH2]c1ccccc1C(Cl)(Cl)Cl. The molecule has 0 fully saturated rings. The fraction of sp³-hybridized carbons (Fsp3) is 0.125. The number of benzene rings is 1. The van der Waals surface area contributed by atoms with Gasteiger partial charge in [-0.05, 0) is 12.5 Å². The second kappa shape index (κ2) is 3.22. The molecule has 0 aliphatic carbocycles. The van der Waals surface area contributed by atoms with E-state index in [-0.39, 0.29) is 0 Å². The maximum Gasteiger partial charge on any atom is 0.216 e. The zero-order chi connectivity index (χ0) is 8.48. The summed E-state index contributed by atoms with van der Waals surface area (Å²) in [6, 6.07) is 7.21. The summed E-state index contributed by atoms with van der Waals surface area (Å²) in [5.74, 6) is 0. The van der Waals surface area contributed by atoms with Crippen LogP contribution in [0.25, 0.3) is 0 Å². The van der Waals surface area contributed by atoms with Gasteiger partial charge in [-0.2, -0.15) is 0 Å². The van der Waals surface area contributed by atoms with Crippen LogP contribution >= 0.6 is 34.8 Å². The molecular weight excluding hydrogens is 202 g/mol. The van der Waals surface area contributed by atoms with E-state index >= 15 is 0 Å². The first-order valence-electron chi connectivity index (χ1n) is 3.00. The molecule has 0 saturated heterocycles. The van der Waals surface area contributed by atoms with Gasteiger partial charge in [0.15, 0.2) is 0 Å². The van der Waals surface area contributed by atoms with Crippen LogP contribution in [-0.2, 0) is 3.79 Å². The molecule has 0 atom stereocenters. The van der Waals surface area contributed by atoms with Crippen molar-refractivity contribution in [3.05, 3.63) is 42.3 Å². The van der Waals surface area contributed by atoms with Gasteiger partial charge >= 0.3 is 0 Å². The molecule has 0 saturated carbocycles. The third kappa shape index (κ3) is 2.26. The van der Waals surface area contributed by atoms with Crippen LogP contribution < -0.4 is 0 Å². The molecule has 0 N–H and O–H groups in total. The Kier molecular flexibility index (Phi) is 2.69. The number of hydrogen-bond acceptors (Lipinski definition) is 0. The van der Waals surface area contributed by atoms with Gasteiger partial charge in [0.05, 0.1) is 0 Å². The molecule has 0 amide bonds. The lowest BCUT2D eigenvalue weighted by Crippen LogP contribution is -2.01. The summed E-state index contributed by atoms with van der Waals surface area (Å²) >= 11 is 17.0. The van der Waals surface area contributed by atoms with Crippen LogP contribution in [0.2, 0.25) is 0 Å². The van der Waals surface area contributed by atoms with Crippen molar-refractivity contribution < 1.29 is 0 Å². The minimum Gasteiger partial charge on any atom is -0.0784 e. The molecule has 59 valence electrons. The molecule has 0 nitrogen and oxygen atoms in total. The quantitative estimate of drug-likeness (QED) is 0.571. The maximum absolute atomic E-state index is 5.65. The maximum atomic E-state index is 5.65. The smallest absolute Gasteiger partial charge is 0.0784 e. The highest BCUT2D eigenvalue weighted by atomic mass is 35.6. The summed E-state index contributed by atoms with van der Waals surface area (Å²) in [5, 5.41) is 0. The fourth-order valence-electron chi connectivity index (χ4n) is 0.797. The van der Waals surface area contributed by atoms with Crippen LogP contribution in [0.5, 0.6) is 0 Å². The lowest BCUT2D eigenvalue weighted by Gasteiger charge is -2.13. The third-order valence-corrected chi connectivity index (χ3v) is 1.93. The number of alkyl halides is 3. The van der Waals surface area contributed by atoms with Crippen LogP contribution in [0.4, 0.5) is 0 Å². The Labute approximate surface area is 81.1 Å². The molecule has 0 bridgehead atoms. The summed E-state index contributed by atoms with van der Waals surface area (Å²) in [6.07, 6.45) is 0. The first kappa shape index (κ1) is 9.18. The van der Waals surface area contributed by atoms with Gasteiger partial charge < -0.3 is 0 Å². The largest absolute Gasteiger partial charge is 0.216 e. The van der Waals surface area contributed by atoms with Gasteiger partial charge in [-0.15, -0.1) is 0 Å². The van der Waals surface area contributed by atoms with E-state index in [0.717, 1.165) is 5.56 Å². The normalized spacial score (nSPS) is 11.6. The van der Waals surface area contributed by atoms with Crippen molar-refractivity contribution in [1.29, 1.82) is 0 Å². The monoisotopic (exact) mass is 207 g/mol. The minimum absolute atomic E-state index is 0.630. The summed E-state index contributed by atoms with van der Waals surface area (Å²) < 4.78 is -1.36. The van der Waals surface area contributed by atoms with Crippen LogP contribution in [-0.4, -0.2) is 0 Å². The molecule has 0 spiro atoms. The van der Waals surface area contributed by atoms with E-state index in [0.29, 0.717) is 5.56 Å². The lowest BCUT2D eigenvalue weighted by molar-refractivity contribution is 1.22. The highest BCUT2D eigenvalue weighted by Gasteiger charge is 2.23. The lowest BCUT2D eigenvalue weighted by atomic mass is 10.1. The highest BCUT2D eigenvalue weighted by Crippen LogP contribution is 2.39. The topological polar surface area (TPSA) is 0 Å². The van der Waals surface area contributed by atoms with Crippen LogP contribution in [0.3, 0.4) is 0 Å². The van der Waals surface area contributed by atoms with Crippen LogP contribution in [0, 0.1) is 6.92 Å². The van der Waals surface area contributed by atoms with Crippen molar-refractivity contribution in [2.45, 2.75) is 3.79 Å². The summed E-state index contributed by atoms with van der Waals surface area (Å²) in [5.41, 5.74) is 1.37. The summed E-state index contributed by atoms with van der Waals surface area (Å²) in [7, 11) is 0. The molecule has 11 heavy (non-hydrogen) atoms. The van der Waals surface area contributed by atoms with E-state index in [2.05, 4.69) is 6.92 Å². The molecule has 3 heteroatoms. The molecular formula is C8H6Cl3. The van der Waals surface area contributed by atoms with Gasteiger partial charge in [0.2, 0.25) is 3.79 Å². The first-order chi connectivity index (χ1) is 5.02. The predicted molar refractivity (Wildman–Crippen MR) is 50.1 cm³/mol. The zero-order valence-electron chi connectivity index (χ0n) is 5.65. The van der Waals surface area contributed by atoms with Gasteiger partial charge in [0.25, 0.3) is 0 Å². The summed E-state index contributed by atoms with van der Waals surface area (Å²) in [4.78, 5) is 0. The van der Waals surface area contributed by atoms with Crippen molar-refractivity contribution in [2.75, 3.05) is 0 Å². The van der Waals surface area contributed by atoms with Crippen molar-refractivity contribution in [3.8, 4) is 0 Å². The van der Waals surface area contributed by atoms with E-state index < -0.39 is 3.79 Å². The van der Waals surface area contributed by atoms with E-state index in [4.69, 9.17) is 34.8 Å². The number of rotatable bonds is 0. The third-order valence-electron chi connectivity index (χ3n) is 1.32. The molecule has 1 aromatic rings. The van der Waals surface area contributed by atoms with Gasteiger partial charge in [-0.25, -0.2) is 0 Å². The Balaban J connectivity index is 3.14. The van der Waals surface area contributed by atoms with E-state index in [1.165, 1.54) is 0 Å². The Bertz CT molecular complexity index is 250. The van der Waals surface area contributed by atoms with Crippen molar-refractivity contribution in [1.82, 2.24) is 0 Å². The Morgan fingerprint density at radius 3 is 2.00 bits per heavy atom.